The van der Waals surface area contributed by atoms with E-state index >= 15 is 0 Å². The van der Waals surface area contributed by atoms with Crippen molar-refractivity contribution in [1.82, 2.24) is 14.9 Å². The second kappa shape index (κ2) is 8.29. The van der Waals surface area contributed by atoms with E-state index in [-0.39, 0.29) is 28.3 Å². The van der Waals surface area contributed by atoms with Gasteiger partial charge in [0.15, 0.2) is 5.03 Å². The number of carbonyl (C=O) groups excluding carboxylic acids is 1. The number of amides is 1. The summed E-state index contributed by atoms with van der Waals surface area (Å²) in [6.07, 6.45) is 8.54. The van der Waals surface area contributed by atoms with Gasteiger partial charge in [0.2, 0.25) is 5.91 Å². The Balaban J connectivity index is 1.66. The number of nitrogens with zero attached hydrogens (tertiary/aromatic N) is 2. The van der Waals surface area contributed by atoms with E-state index in [1.807, 2.05) is 0 Å². The van der Waals surface area contributed by atoms with Gasteiger partial charge in [0.05, 0.1) is 11.4 Å². The summed E-state index contributed by atoms with van der Waals surface area (Å²) in [5.74, 6) is -0.354. The summed E-state index contributed by atoms with van der Waals surface area (Å²) >= 11 is 1.11. The Bertz CT molecular complexity index is 803. The maximum atomic E-state index is 13.4. The van der Waals surface area contributed by atoms with Gasteiger partial charge in [0.25, 0.3) is 5.56 Å². The van der Waals surface area contributed by atoms with E-state index in [1.54, 1.807) is 12.1 Å². The summed E-state index contributed by atoms with van der Waals surface area (Å²) in [4.78, 5) is 28.6. The van der Waals surface area contributed by atoms with Gasteiger partial charge in [-0.15, -0.1) is 0 Å². The van der Waals surface area contributed by atoms with Crippen molar-refractivity contribution in [3.8, 4) is 5.69 Å². The fourth-order valence-corrected chi connectivity index (χ4v) is 3.68. The smallest absolute Gasteiger partial charge is 0.287 e. The molecule has 1 saturated carbocycles. The zero-order valence-electron chi connectivity index (χ0n) is 13.8. The molecule has 1 aromatic heterocycles. The first-order valence-corrected chi connectivity index (χ1v) is 9.38. The van der Waals surface area contributed by atoms with Crippen molar-refractivity contribution in [3.05, 3.63) is 52.8 Å². The van der Waals surface area contributed by atoms with Gasteiger partial charge in [0, 0.05) is 18.4 Å². The van der Waals surface area contributed by atoms with Gasteiger partial charge in [-0.1, -0.05) is 37.1 Å². The minimum atomic E-state index is -0.415. The van der Waals surface area contributed by atoms with Gasteiger partial charge < -0.3 is 5.32 Å². The molecule has 5 nitrogen and oxygen atoms in total. The normalized spacial score (nSPS) is 15.1. The van der Waals surface area contributed by atoms with E-state index in [0.717, 1.165) is 37.4 Å². The lowest BCUT2D eigenvalue weighted by atomic mass is 9.95. The van der Waals surface area contributed by atoms with Crippen molar-refractivity contribution >= 4 is 17.7 Å². The van der Waals surface area contributed by atoms with Crippen molar-refractivity contribution in [2.75, 3.05) is 5.75 Å². The van der Waals surface area contributed by atoms with E-state index in [4.69, 9.17) is 0 Å². The molecule has 0 bridgehead atoms. The van der Waals surface area contributed by atoms with Gasteiger partial charge in [-0.3, -0.25) is 14.2 Å². The third-order valence-electron chi connectivity index (χ3n) is 4.21. The molecule has 0 aliphatic heterocycles. The highest BCUT2D eigenvalue weighted by Crippen LogP contribution is 2.18. The second-order valence-corrected chi connectivity index (χ2v) is 7.04. The third kappa shape index (κ3) is 4.69. The average Bonchev–Trinajstić information content (AvgIpc) is 2.62. The van der Waals surface area contributed by atoms with E-state index < -0.39 is 5.82 Å². The number of halogens is 1. The van der Waals surface area contributed by atoms with Crippen LogP contribution < -0.4 is 10.9 Å². The molecule has 0 saturated heterocycles. The molecule has 0 unspecified atom stereocenters. The first-order chi connectivity index (χ1) is 12.1. The van der Waals surface area contributed by atoms with Crippen LogP contribution in [-0.2, 0) is 4.79 Å². The quantitative estimate of drug-likeness (QED) is 0.832. The van der Waals surface area contributed by atoms with Crippen LogP contribution in [0.5, 0.6) is 0 Å². The first-order valence-electron chi connectivity index (χ1n) is 8.39. The Labute approximate surface area is 149 Å². The number of nitrogens with one attached hydrogen (secondary N) is 1. The van der Waals surface area contributed by atoms with Crippen molar-refractivity contribution in [3.63, 3.8) is 0 Å². The number of benzene rings is 1. The second-order valence-electron chi connectivity index (χ2n) is 6.08. The topological polar surface area (TPSA) is 64.0 Å². The molecule has 25 heavy (non-hydrogen) atoms. The molecule has 0 spiro atoms. The van der Waals surface area contributed by atoms with Gasteiger partial charge in [0.1, 0.15) is 5.82 Å². The molecule has 1 aliphatic rings. The van der Waals surface area contributed by atoms with Crippen LogP contribution in [0, 0.1) is 5.82 Å². The Kier molecular flexibility index (Phi) is 5.86. The van der Waals surface area contributed by atoms with Crippen LogP contribution >= 0.6 is 11.8 Å². The van der Waals surface area contributed by atoms with E-state index in [9.17, 15) is 14.0 Å². The van der Waals surface area contributed by atoms with Crippen LogP contribution in [0.25, 0.3) is 5.69 Å². The predicted octanol–water partition coefficient (Wildman–Crippen LogP) is 2.91. The Morgan fingerprint density at radius 3 is 2.88 bits per heavy atom. The van der Waals surface area contributed by atoms with Crippen LogP contribution in [-0.4, -0.2) is 27.3 Å². The SMILES string of the molecule is O=C(CSc1nccn(-c2cccc(F)c2)c1=O)NC1CCCCC1. The molecule has 132 valence electrons. The van der Waals surface area contributed by atoms with E-state index in [1.165, 1.54) is 35.5 Å². The van der Waals surface area contributed by atoms with Crippen molar-refractivity contribution in [1.29, 1.82) is 0 Å². The van der Waals surface area contributed by atoms with Gasteiger partial charge in [-0.2, -0.15) is 0 Å². The monoisotopic (exact) mass is 361 g/mol. The summed E-state index contributed by atoms with van der Waals surface area (Å²) in [7, 11) is 0. The highest BCUT2D eigenvalue weighted by atomic mass is 32.2. The highest BCUT2D eigenvalue weighted by molar-refractivity contribution is 7.99. The largest absolute Gasteiger partial charge is 0.353 e. The minimum absolute atomic E-state index is 0.0840. The van der Waals surface area contributed by atoms with Gasteiger partial charge in [-0.25, -0.2) is 9.37 Å². The van der Waals surface area contributed by atoms with Crippen LogP contribution in [0.15, 0.2) is 46.5 Å². The lowest BCUT2D eigenvalue weighted by Crippen LogP contribution is -2.37. The van der Waals surface area contributed by atoms with Crippen LogP contribution in [0.4, 0.5) is 4.39 Å². The molecule has 2 aromatic rings. The summed E-state index contributed by atoms with van der Waals surface area (Å²) in [5.41, 5.74) is 0.0736. The first kappa shape index (κ1) is 17.7. The van der Waals surface area contributed by atoms with Gasteiger partial charge in [-0.05, 0) is 31.0 Å². The number of hydrogen-bond acceptors (Lipinski definition) is 4. The molecule has 1 aliphatic carbocycles. The zero-order valence-corrected chi connectivity index (χ0v) is 14.6. The fourth-order valence-electron chi connectivity index (χ4n) is 2.97. The molecule has 3 rings (SSSR count). The van der Waals surface area contributed by atoms with Crippen LogP contribution in [0.3, 0.4) is 0 Å². The van der Waals surface area contributed by atoms with Crippen molar-refractivity contribution < 1.29 is 9.18 Å². The summed E-state index contributed by atoms with van der Waals surface area (Å²) in [6, 6.07) is 6.04. The molecule has 1 aromatic carbocycles. The number of hydrogen-bond donors (Lipinski definition) is 1. The number of rotatable bonds is 5. The standard InChI is InChI=1S/C18H20FN3O2S/c19-13-5-4-8-15(11-13)22-10-9-20-17(18(22)24)25-12-16(23)21-14-6-2-1-3-7-14/h4-5,8-11,14H,1-3,6-7,12H2,(H,21,23). The third-order valence-corrected chi connectivity index (χ3v) is 5.17. The number of carbonyl (C=O) groups is 1. The molecule has 0 radical (unpaired) electrons. The van der Waals surface area contributed by atoms with Gasteiger partial charge >= 0.3 is 0 Å². The average molecular weight is 361 g/mol. The zero-order chi connectivity index (χ0) is 17.6. The van der Waals surface area contributed by atoms with Crippen molar-refractivity contribution in [2.24, 2.45) is 0 Å². The van der Waals surface area contributed by atoms with Crippen LogP contribution in [0.1, 0.15) is 32.1 Å². The molecule has 0 atom stereocenters. The van der Waals surface area contributed by atoms with Crippen molar-refractivity contribution in [2.45, 2.75) is 43.2 Å². The lowest BCUT2D eigenvalue weighted by molar-refractivity contribution is -0.119. The minimum Gasteiger partial charge on any atom is -0.353 e. The molecule has 1 fully saturated rings. The summed E-state index contributed by atoms with van der Waals surface area (Å²) < 4.78 is 14.7. The molecule has 1 amide bonds. The number of thioether (sulfide) groups is 1. The molecular formula is C18H20FN3O2S. The predicted molar refractivity (Wildman–Crippen MR) is 95.5 cm³/mol. The lowest BCUT2D eigenvalue weighted by Gasteiger charge is -2.22. The van der Waals surface area contributed by atoms with Crippen LogP contribution in [0.2, 0.25) is 0 Å². The maximum absolute atomic E-state index is 13.4. The highest BCUT2D eigenvalue weighted by Gasteiger charge is 2.16. The van der Waals surface area contributed by atoms with E-state index in [0.29, 0.717) is 5.69 Å². The fraction of sp³-hybridized carbons (Fsp3) is 0.389. The molecule has 1 N–H and O–H groups in total. The Morgan fingerprint density at radius 2 is 2.12 bits per heavy atom. The molecule has 7 heteroatoms. The Hall–Kier alpha value is -2.15. The summed E-state index contributed by atoms with van der Waals surface area (Å²) in [6.45, 7) is 0. The summed E-state index contributed by atoms with van der Waals surface area (Å²) in [5, 5.41) is 3.24. The maximum Gasteiger partial charge on any atom is 0.287 e. The molecule has 1 heterocycles. The Morgan fingerprint density at radius 1 is 1.32 bits per heavy atom. The van der Waals surface area contributed by atoms with E-state index in [2.05, 4.69) is 10.3 Å². The number of aromatic nitrogens is 2. The molecular weight excluding hydrogens is 341 g/mol.